The normalized spacial score (nSPS) is 13.9. The third-order valence-corrected chi connectivity index (χ3v) is 2.72. The van der Waals surface area contributed by atoms with Gasteiger partial charge >= 0.3 is 0 Å². The minimum atomic E-state index is -3.35. The molecule has 0 saturated carbocycles. The molecule has 0 N–H and O–H groups in total. The monoisotopic (exact) mass is 207 g/mol. The quantitative estimate of drug-likeness (QED) is 0.372. The minimum absolute atomic E-state index is 0.484. The summed E-state index contributed by atoms with van der Waals surface area (Å²) in [4.78, 5) is 0. The van der Waals surface area contributed by atoms with Crippen molar-refractivity contribution in [2.24, 2.45) is 4.40 Å². The van der Waals surface area contributed by atoms with E-state index in [2.05, 4.69) is 4.40 Å². The highest BCUT2D eigenvalue weighted by molar-refractivity contribution is 8.21. The Morgan fingerprint density at radius 3 is 2.22 bits per heavy atom. The second-order valence-electron chi connectivity index (χ2n) is 1.19. The van der Waals surface area contributed by atoms with Crippen molar-refractivity contribution >= 4 is 47.8 Å². The molecule has 0 fully saturated rings. The molecule has 0 atom stereocenters. The van der Waals surface area contributed by atoms with Gasteiger partial charge in [-0.15, -0.1) is 0 Å². The zero-order valence-corrected chi connectivity index (χ0v) is 7.48. The molecule has 3 nitrogen and oxygen atoms in total. The van der Waals surface area contributed by atoms with Gasteiger partial charge in [0, 0.05) is 6.26 Å². The van der Waals surface area contributed by atoms with Crippen LogP contribution < -0.4 is 0 Å². The molecule has 0 saturated heterocycles. The summed E-state index contributed by atoms with van der Waals surface area (Å²) in [6, 6.07) is 0. The van der Waals surface area contributed by atoms with E-state index in [1.165, 1.54) is 0 Å². The lowest BCUT2D eigenvalue weighted by Crippen LogP contribution is -2.03. The summed E-state index contributed by atoms with van der Waals surface area (Å²) in [7, 11) is 1.63. The predicted molar refractivity (Wildman–Crippen MR) is 41.6 cm³/mol. The lowest BCUT2D eigenvalue weighted by molar-refractivity contribution is 0.613. The maximum absolute atomic E-state index is 10.4. The summed E-state index contributed by atoms with van der Waals surface area (Å²) in [5, 5.41) is 0. The van der Waals surface area contributed by atoms with Crippen LogP contribution in [-0.4, -0.2) is 19.2 Å². The summed E-state index contributed by atoms with van der Waals surface area (Å²) >= 11 is 5.60. The maximum atomic E-state index is 10.4. The first-order valence-electron chi connectivity index (χ1n) is 1.70. The number of hydrogen-bond acceptors (Lipinski definition) is 4. The van der Waals surface area contributed by atoms with Crippen molar-refractivity contribution in [2.45, 2.75) is 0 Å². The van der Waals surface area contributed by atoms with Crippen molar-refractivity contribution < 1.29 is 8.42 Å². The lowest BCUT2D eigenvalue weighted by Gasteiger charge is -1.87. The zero-order valence-electron chi connectivity index (χ0n) is 4.34. The molecule has 0 radical (unpaired) electrons. The van der Waals surface area contributed by atoms with Crippen LogP contribution in [0.1, 0.15) is 0 Å². The molecule has 0 amide bonds. The Morgan fingerprint density at radius 1 is 1.67 bits per heavy atom. The molecule has 9 heavy (non-hydrogen) atoms. The van der Waals surface area contributed by atoms with Gasteiger partial charge in [-0.05, 0) is 22.3 Å². The van der Waals surface area contributed by atoms with Crippen LogP contribution in [0, 0.1) is 0 Å². The predicted octanol–water partition coefficient (Wildman–Crippen LogP) is 1.43. The molecule has 0 heterocycles. The second kappa shape index (κ2) is 3.65. The van der Waals surface area contributed by atoms with Crippen molar-refractivity contribution in [3.8, 4) is 0 Å². The van der Waals surface area contributed by atoms with Gasteiger partial charge in [-0.25, -0.2) is 8.42 Å². The average Bonchev–Trinajstić information content (AvgIpc) is 1.64. The number of hydrogen-bond donors (Lipinski definition) is 0. The van der Waals surface area contributed by atoms with Crippen molar-refractivity contribution in [1.29, 1.82) is 0 Å². The van der Waals surface area contributed by atoms with Crippen LogP contribution in [0.25, 0.3) is 0 Å². The fourth-order valence-corrected chi connectivity index (χ4v) is 1.34. The van der Waals surface area contributed by atoms with Gasteiger partial charge < -0.3 is 0 Å². The van der Waals surface area contributed by atoms with Gasteiger partial charge in [0.1, 0.15) is 0 Å². The van der Waals surface area contributed by atoms with E-state index >= 15 is 0 Å². The Bertz CT molecular complexity index is 209. The summed E-state index contributed by atoms with van der Waals surface area (Å²) in [5.41, 5.74) is 0. The van der Waals surface area contributed by atoms with Crippen LogP contribution in [0.5, 0.6) is 0 Å². The Labute approximate surface area is 67.0 Å². The first-order chi connectivity index (χ1) is 3.98. The van der Waals surface area contributed by atoms with Gasteiger partial charge in [-0.3, -0.25) is 0 Å². The van der Waals surface area contributed by atoms with Crippen LogP contribution in [0.3, 0.4) is 0 Å². The van der Waals surface area contributed by atoms with E-state index in [4.69, 9.17) is 22.3 Å². The lowest BCUT2D eigenvalue weighted by atomic mass is 11.7. The smallest absolute Gasteiger partial charge is 0.221 e. The minimum Gasteiger partial charge on any atom is -0.221 e. The van der Waals surface area contributed by atoms with Gasteiger partial charge in [0.05, 0.1) is 11.2 Å². The van der Waals surface area contributed by atoms with Crippen LogP contribution in [0.2, 0.25) is 0 Å². The molecular weight excluding hydrogens is 205 g/mol. The van der Waals surface area contributed by atoms with Crippen molar-refractivity contribution in [3.63, 3.8) is 0 Å². The molecule has 54 valence electrons. The molecule has 0 aromatic carbocycles. The highest BCUT2D eigenvalue weighted by Gasteiger charge is 2.08. The van der Waals surface area contributed by atoms with Crippen LogP contribution in [0.4, 0.5) is 0 Å². The van der Waals surface area contributed by atoms with Gasteiger partial charge in [0.15, 0.2) is 0 Å². The van der Waals surface area contributed by atoms with E-state index in [0.717, 1.165) is 6.26 Å². The van der Waals surface area contributed by atoms with Crippen molar-refractivity contribution in [1.82, 2.24) is 0 Å². The van der Waals surface area contributed by atoms with E-state index in [-0.39, 0.29) is 0 Å². The molecule has 7 heteroatoms. The number of nitrogens with zero attached hydrogens (tertiary/aromatic N) is 1. The first kappa shape index (κ1) is 9.55. The topological polar surface area (TPSA) is 46.5 Å². The summed E-state index contributed by atoms with van der Waals surface area (Å²) < 4.78 is 23.5. The van der Waals surface area contributed by atoms with Gasteiger partial charge in [0.2, 0.25) is 14.3 Å². The molecule has 0 bridgehead atoms. The zero-order chi connectivity index (χ0) is 7.49. The number of sulfone groups is 1. The van der Waals surface area contributed by atoms with Gasteiger partial charge in [0.25, 0.3) is 0 Å². The maximum Gasteiger partial charge on any atom is 0.230 e. The van der Waals surface area contributed by atoms with E-state index in [0.29, 0.717) is 11.2 Å². The van der Waals surface area contributed by atoms with Crippen molar-refractivity contribution in [3.05, 3.63) is 0 Å². The van der Waals surface area contributed by atoms with Crippen LogP contribution >= 0.6 is 33.4 Å². The van der Waals surface area contributed by atoms with Gasteiger partial charge in [-0.1, -0.05) is 0 Å². The largest absolute Gasteiger partial charge is 0.230 e. The molecule has 0 aromatic heterocycles. The van der Waals surface area contributed by atoms with Crippen LogP contribution in [-0.2, 0) is 9.84 Å². The van der Waals surface area contributed by atoms with E-state index < -0.39 is 14.3 Å². The molecule has 0 aliphatic carbocycles. The average molecular weight is 208 g/mol. The summed E-state index contributed by atoms with van der Waals surface area (Å²) in [6.07, 6.45) is 0.950. The third kappa shape index (κ3) is 4.02. The van der Waals surface area contributed by atoms with E-state index in [1.54, 1.807) is 0 Å². The van der Waals surface area contributed by atoms with Gasteiger partial charge in [-0.2, -0.15) is 4.40 Å². The molecule has 0 aromatic rings. The second-order valence-corrected chi connectivity index (χ2v) is 4.43. The van der Waals surface area contributed by atoms with E-state index in [9.17, 15) is 8.42 Å². The third-order valence-electron chi connectivity index (χ3n) is 0.412. The Hall–Kier alpha value is 0.550. The fourth-order valence-electron chi connectivity index (χ4n) is 0.0948. The molecule has 0 unspecified atom stereocenters. The Kier molecular flexibility index (Phi) is 3.88. The van der Waals surface area contributed by atoms with Crippen LogP contribution in [0.15, 0.2) is 4.40 Å². The number of halogens is 2. The highest BCUT2D eigenvalue weighted by atomic mass is 35.7. The molecule has 0 aliphatic heterocycles. The molecule has 0 rings (SSSR count). The summed E-state index contributed by atoms with van der Waals surface area (Å²) in [6.45, 7) is 0. The van der Waals surface area contributed by atoms with E-state index in [1.807, 2.05) is 0 Å². The molecular formula is C2H3Cl2NO2S2. The number of rotatable bonds is 1. The fraction of sp³-hybridized carbons (Fsp3) is 0.500. The standard InChI is InChI=1S/C2H3Cl2NO2S2/c1-9(6,7)2(3)5-8-4/h1H3/b5-2+. The Morgan fingerprint density at radius 2 is 2.11 bits per heavy atom. The summed E-state index contributed by atoms with van der Waals surface area (Å²) in [5.74, 6) is 0. The SMILES string of the molecule is CS(=O)(=O)/C(Cl)=N/SCl. The Balaban J connectivity index is 4.41. The molecule has 0 aliphatic rings. The highest BCUT2D eigenvalue weighted by Crippen LogP contribution is 2.10. The first-order valence-corrected chi connectivity index (χ1v) is 5.56. The van der Waals surface area contributed by atoms with Crippen molar-refractivity contribution in [2.75, 3.05) is 6.26 Å². The molecule has 0 spiro atoms.